The second kappa shape index (κ2) is 26.5. The molecule has 3 aromatic rings. The molecule has 0 saturated heterocycles. The highest BCUT2D eigenvalue weighted by Crippen LogP contribution is 2.50. The Morgan fingerprint density at radius 1 is 0.602 bits per heavy atom. The van der Waals surface area contributed by atoms with E-state index in [9.17, 15) is 97.3 Å². The predicted molar refractivity (Wildman–Crippen MR) is 303 cm³/mol. The zero-order chi connectivity index (χ0) is 62.3. The summed E-state index contributed by atoms with van der Waals surface area (Å²) in [6.07, 6.45) is 7.12. The molecule has 458 valence electrons. The third kappa shape index (κ3) is 19.6. The van der Waals surface area contributed by atoms with Crippen LogP contribution in [0.15, 0.2) is 78.8 Å². The van der Waals surface area contributed by atoms with Gasteiger partial charge in [-0.3, -0.25) is 52.0 Å². The Hall–Kier alpha value is -5.93. The van der Waals surface area contributed by atoms with E-state index in [2.05, 4.69) is 26.3 Å². The Labute approximate surface area is 480 Å². The molecule has 2 aliphatic heterocycles. The van der Waals surface area contributed by atoms with Crippen LogP contribution >= 0.6 is 0 Å². The van der Waals surface area contributed by atoms with Gasteiger partial charge in [0.2, 0.25) is 5.69 Å². The van der Waals surface area contributed by atoms with E-state index in [4.69, 9.17) is 0 Å². The molecule has 0 radical (unpaired) electrons. The van der Waals surface area contributed by atoms with E-state index in [1.165, 1.54) is 30.6 Å². The largest absolute Gasteiger partial charge is 0.374 e. The first-order chi connectivity index (χ1) is 38.1. The van der Waals surface area contributed by atoms with Gasteiger partial charge in [0.05, 0.1) is 39.9 Å². The highest BCUT2D eigenvalue weighted by Gasteiger charge is 2.48. The molecule has 1 aromatic heterocycles. The summed E-state index contributed by atoms with van der Waals surface area (Å²) < 4.78 is 199. The molecule has 0 saturated carbocycles. The molecule has 3 heterocycles. The third-order valence-electron chi connectivity index (χ3n) is 13.1. The Balaban J connectivity index is 1.78. The summed E-state index contributed by atoms with van der Waals surface area (Å²) >= 11 is 0. The summed E-state index contributed by atoms with van der Waals surface area (Å²) in [7, 11) is -27.4. The number of fused-ring (bicyclic) bond motifs is 2. The van der Waals surface area contributed by atoms with E-state index < -0.39 is 156 Å². The summed E-state index contributed by atoms with van der Waals surface area (Å²) in [6, 6.07) is 8.32. The summed E-state index contributed by atoms with van der Waals surface area (Å²) in [5.41, 5.74) is -0.837. The zero-order valence-corrected chi connectivity index (χ0v) is 49.8. The number of nitrogens with zero attached hydrogens (tertiary/aromatic N) is 3. The number of rotatable bonds is 29. The number of anilines is 1. The lowest BCUT2D eigenvalue weighted by atomic mass is 9.78. The lowest BCUT2D eigenvalue weighted by molar-refractivity contribution is -0.437. The number of nitrogens with one attached hydrogen (secondary N) is 4. The molecule has 5 rings (SSSR count). The molecule has 29 nitrogen and oxygen atoms in total. The number of aromatic nitrogens is 1. The van der Waals surface area contributed by atoms with Crippen molar-refractivity contribution in [1.29, 1.82) is 0 Å². The van der Waals surface area contributed by atoms with Crippen molar-refractivity contribution in [3.05, 3.63) is 118 Å². The second-order valence-corrected chi connectivity index (χ2v) is 29.5. The maximum Gasteiger partial charge on any atom is 0.266 e. The molecular weight excluding hydrogens is 1220 g/mol. The number of aliphatic hydroxyl groups is 1. The van der Waals surface area contributed by atoms with Gasteiger partial charge in [-0.1, -0.05) is 19.9 Å². The molecule has 2 aromatic carbocycles. The lowest BCUT2D eigenvalue weighted by Gasteiger charge is -2.27. The molecule has 0 fully saturated rings. The predicted octanol–water partition coefficient (Wildman–Crippen LogP) is 0.656. The SMILES string of the molecule is CC1(C)C(=CC=C(C=CC2=[N+](CCCS(=O)(=O)O)c3cc(C(=O)NCCS(=O)(=O)O)cc(C(O)NCCS(=O)(=O)O)c3C2(C)C)c2ccncc2)N(CCCS(=O)(=O)O)c2cc(C(=O)NCCS(=O)(=O)O)cc(C(=O)NCCS(=O)(=O)O)c21. The minimum Gasteiger partial charge on any atom is -0.374 e. The number of allylic oxidation sites excluding steroid dienone is 6. The van der Waals surface area contributed by atoms with Crippen molar-refractivity contribution in [2.24, 2.45) is 0 Å². The fourth-order valence-electron chi connectivity index (χ4n) is 9.52. The van der Waals surface area contributed by atoms with Crippen LogP contribution in [0.5, 0.6) is 0 Å². The second-order valence-electron chi connectivity index (χ2n) is 20.1. The first-order valence-electron chi connectivity index (χ1n) is 24.9. The fourth-order valence-corrected chi connectivity index (χ4v) is 12.0. The fraction of sp³-hybridized carbons (Fsp3) is 0.438. The van der Waals surface area contributed by atoms with Crippen molar-refractivity contribution < 1.29 is 102 Å². The van der Waals surface area contributed by atoms with Crippen LogP contribution in [0, 0.1) is 0 Å². The molecule has 2 aliphatic rings. The van der Waals surface area contributed by atoms with Crippen molar-refractivity contribution >= 4 is 101 Å². The monoisotopic (exact) mass is 1280 g/mol. The van der Waals surface area contributed by atoms with E-state index in [1.54, 1.807) is 73.6 Å². The zero-order valence-electron chi connectivity index (χ0n) is 45.0. The quantitative estimate of drug-likeness (QED) is 0.0197. The highest BCUT2D eigenvalue weighted by atomic mass is 32.2. The van der Waals surface area contributed by atoms with Crippen molar-refractivity contribution in [1.82, 2.24) is 26.3 Å². The van der Waals surface area contributed by atoms with Crippen molar-refractivity contribution in [3.63, 3.8) is 0 Å². The number of hydrogen-bond donors (Lipinski definition) is 11. The molecule has 1 atom stereocenters. The van der Waals surface area contributed by atoms with Crippen LogP contribution in [-0.2, 0) is 71.5 Å². The van der Waals surface area contributed by atoms with Crippen LogP contribution < -0.4 is 26.2 Å². The maximum absolute atomic E-state index is 14.1. The van der Waals surface area contributed by atoms with Gasteiger partial charge in [-0.05, 0) is 73.9 Å². The van der Waals surface area contributed by atoms with Gasteiger partial charge in [-0.25, -0.2) is 0 Å². The molecule has 0 spiro atoms. The van der Waals surface area contributed by atoms with Gasteiger partial charge in [-0.15, -0.1) is 0 Å². The number of hydrogen-bond acceptors (Lipinski definition) is 19. The minimum absolute atomic E-state index is 0.0251. The van der Waals surface area contributed by atoms with E-state index in [1.807, 2.05) is 0 Å². The van der Waals surface area contributed by atoms with E-state index in [0.29, 0.717) is 28.1 Å². The topological polar surface area (TPSA) is 465 Å². The average molecular weight is 1280 g/mol. The first kappa shape index (κ1) is 67.9. The van der Waals surface area contributed by atoms with E-state index >= 15 is 0 Å². The Morgan fingerprint density at radius 2 is 1.08 bits per heavy atom. The Bertz CT molecular complexity index is 3850. The van der Waals surface area contributed by atoms with Gasteiger partial charge in [0.25, 0.3) is 78.4 Å². The standard InChI is InChI=1S/C48H63N7O22S6/c1-47(2)39(54(19-5-21-78(60,61)62)37-29-33(43(56)50-15-23-80(66,67)68)27-35(41(37)47)45(58)52-17-25-82(72,73)74)9-7-31(32-11-13-49-14-12-32)8-10-40-48(3,4)42-36(46(59)53-18-26-83(75,76)77)28-34(44(57)51-16-24-81(69,70)71)30-38(42)55(40)20-6-22-79(63,64)65/h7-14,27-30,45,52,58H,5-6,15-26H2,1-4H3,(H8-,50,51,53,56,57,59,60,61,62,63,64,65,66,67,68,69,70,71,72,73,74,75,76,77)/p+1. The van der Waals surface area contributed by atoms with Gasteiger partial charge in [0.1, 0.15) is 12.8 Å². The van der Waals surface area contributed by atoms with E-state index in [-0.39, 0.29) is 65.1 Å². The van der Waals surface area contributed by atoms with Crippen LogP contribution in [0.3, 0.4) is 0 Å². The Kier molecular flexibility index (Phi) is 21.7. The first-order valence-corrected chi connectivity index (χ1v) is 34.5. The van der Waals surface area contributed by atoms with Crippen LogP contribution in [-0.4, -0.2) is 190 Å². The van der Waals surface area contributed by atoms with Gasteiger partial charge in [0, 0.05) is 114 Å². The normalized spacial score (nSPS) is 16.5. The van der Waals surface area contributed by atoms with E-state index in [0.717, 1.165) is 6.07 Å². The molecule has 35 heteroatoms. The third-order valence-corrected chi connectivity index (χ3v) is 17.6. The summed E-state index contributed by atoms with van der Waals surface area (Å²) in [5, 5.41) is 21.4. The number of benzene rings is 2. The van der Waals surface area contributed by atoms with Gasteiger partial charge in [0.15, 0.2) is 5.71 Å². The number of pyridine rings is 1. The molecule has 0 aliphatic carbocycles. The molecule has 83 heavy (non-hydrogen) atoms. The minimum atomic E-state index is -4.59. The smallest absolute Gasteiger partial charge is 0.266 e. The molecule has 3 amide bonds. The number of carbonyl (C=O) groups is 3. The number of aliphatic hydroxyl groups excluding tert-OH is 1. The van der Waals surface area contributed by atoms with Crippen LogP contribution in [0.4, 0.5) is 11.4 Å². The van der Waals surface area contributed by atoms with Gasteiger partial charge < -0.3 is 26.0 Å². The molecule has 0 bridgehead atoms. The Morgan fingerprint density at radius 3 is 1.60 bits per heavy atom. The lowest BCUT2D eigenvalue weighted by Crippen LogP contribution is -2.33. The summed E-state index contributed by atoms with van der Waals surface area (Å²) in [5.74, 6) is -7.81. The van der Waals surface area contributed by atoms with Crippen LogP contribution in [0.2, 0.25) is 0 Å². The maximum atomic E-state index is 14.1. The van der Waals surface area contributed by atoms with Crippen molar-refractivity contribution in [2.45, 2.75) is 57.6 Å². The van der Waals surface area contributed by atoms with Gasteiger partial charge >= 0.3 is 0 Å². The van der Waals surface area contributed by atoms with Crippen molar-refractivity contribution in [2.75, 3.05) is 78.7 Å². The van der Waals surface area contributed by atoms with Crippen molar-refractivity contribution in [3.8, 4) is 0 Å². The number of amides is 3. The summed E-state index contributed by atoms with van der Waals surface area (Å²) in [4.78, 5) is 47.1. The average Bonchev–Trinajstić information content (AvgIpc) is 2.45. The molecule has 11 N–H and O–H groups in total. The molecule has 1 unspecified atom stereocenters. The highest BCUT2D eigenvalue weighted by molar-refractivity contribution is 7.87. The summed E-state index contributed by atoms with van der Waals surface area (Å²) in [6.45, 7) is 4.08. The van der Waals surface area contributed by atoms with Crippen LogP contribution in [0.1, 0.15) is 100 Å². The number of carbonyl (C=O) groups excluding carboxylic acids is 3. The molecular formula is C48H64N7O22S6+. The van der Waals surface area contributed by atoms with Gasteiger partial charge in [-0.2, -0.15) is 55.1 Å². The van der Waals surface area contributed by atoms with Crippen LogP contribution in [0.25, 0.3) is 5.57 Å².